The minimum Gasteiger partial charge on any atom is -0.489 e. The Kier molecular flexibility index (Phi) is 13.2. The maximum Gasteiger partial charge on any atom is 0.142 e. The Morgan fingerprint density at radius 2 is 1.26 bits per heavy atom. The van der Waals surface area contributed by atoms with E-state index in [4.69, 9.17) is 29.8 Å². The van der Waals surface area contributed by atoms with Crippen LogP contribution in [0.2, 0.25) is 0 Å². The lowest BCUT2D eigenvalue weighted by Crippen LogP contribution is -2.04. The molecule has 0 fully saturated rings. The molecule has 0 atom stereocenters. The predicted octanol–water partition coefficient (Wildman–Crippen LogP) is 11.1. The highest BCUT2D eigenvalue weighted by Crippen LogP contribution is 2.36. The van der Waals surface area contributed by atoms with Crippen LogP contribution in [0.25, 0.3) is 44.2 Å². The summed E-state index contributed by atoms with van der Waals surface area (Å²) in [7, 11) is 0. The Bertz CT molecular complexity index is 2860. The number of carbonyl (C=O) groups is 2. The lowest BCUT2D eigenvalue weighted by Gasteiger charge is -2.13. The van der Waals surface area contributed by atoms with Crippen molar-refractivity contribution in [3.63, 3.8) is 0 Å². The molecule has 6 aromatic carbocycles. The van der Waals surface area contributed by atoms with Crippen molar-refractivity contribution >= 4 is 33.5 Å². The van der Waals surface area contributed by atoms with Gasteiger partial charge in [0.2, 0.25) is 0 Å². The molecule has 0 saturated heterocycles. The number of aryl methyl sites for hydroxylation is 1. The first kappa shape index (κ1) is 42.3. The maximum absolute atomic E-state index is 15.0. The molecule has 0 aliphatic carbocycles. The van der Waals surface area contributed by atoms with E-state index in [9.17, 15) is 18.4 Å². The van der Waals surface area contributed by atoms with Crippen LogP contribution in [0.15, 0.2) is 136 Å². The van der Waals surface area contributed by atoms with Crippen LogP contribution in [0, 0.1) is 18.6 Å². The van der Waals surface area contributed by atoms with Gasteiger partial charge in [0, 0.05) is 76.2 Å². The molecule has 2 heterocycles. The number of furan rings is 2. The van der Waals surface area contributed by atoms with E-state index >= 15 is 0 Å². The van der Waals surface area contributed by atoms with Crippen molar-refractivity contribution in [1.82, 2.24) is 0 Å². The number of Topliss-reactive ketones (excluding diaryl/α,β-unsaturated/α-hetero) is 2. The van der Waals surface area contributed by atoms with Crippen molar-refractivity contribution < 1.29 is 36.7 Å². The third kappa shape index (κ3) is 10.1. The van der Waals surface area contributed by atoms with E-state index in [0.29, 0.717) is 53.2 Å². The normalized spacial score (nSPS) is 11.1. The number of rotatable bonds is 14. The molecule has 310 valence electrons. The summed E-state index contributed by atoms with van der Waals surface area (Å²) >= 11 is 0. The molecule has 0 bridgehead atoms. The first-order valence-corrected chi connectivity index (χ1v) is 19.9. The number of nitrogens with two attached hydrogens (primary N) is 2. The van der Waals surface area contributed by atoms with E-state index in [1.54, 1.807) is 49.6 Å². The second-order valence-electron chi connectivity index (χ2n) is 15.0. The first-order chi connectivity index (χ1) is 29.5. The van der Waals surface area contributed by atoms with Gasteiger partial charge in [-0.15, -0.1) is 0 Å². The molecule has 8 aromatic rings. The molecule has 0 unspecified atom stereocenters. The topological polar surface area (TPSA) is 131 Å². The van der Waals surface area contributed by atoms with Gasteiger partial charge in [0.15, 0.2) is 0 Å². The standard InChI is InChI=1S/C26H25NO3.C25H21F2NO3/c1-17(28)10-22-7-3-4-9-25(22)29-16-20-13-23-11-18(2)30-26(23)24(14-20)21-8-5-6-19(12-21)15-27;1-15(29)9-17-5-6-20(26)12-23(17)31-14-16-10-18-7-8-30-25(18)22(11-16)21-4-2-3-19(13-28)24(21)27/h3-9,11-14H,10,15-16,27H2,1-2H3;2-8,10-12H,9,13-14,28H2,1H3. The van der Waals surface area contributed by atoms with Crippen molar-refractivity contribution in [2.45, 2.75) is 59.9 Å². The van der Waals surface area contributed by atoms with Gasteiger partial charge in [0.05, 0.1) is 6.26 Å². The zero-order valence-electron chi connectivity index (χ0n) is 34.2. The van der Waals surface area contributed by atoms with Crippen molar-refractivity contribution in [1.29, 1.82) is 0 Å². The van der Waals surface area contributed by atoms with Crippen LogP contribution in [-0.4, -0.2) is 11.6 Å². The SMILES string of the molecule is CC(=O)Cc1ccc(F)cc1OCc1cc(-c2cccc(CN)c2F)c2occc2c1.CC(=O)Cc1ccccc1OCc1cc(-c2cccc(CN)c2)c2oc(C)cc2c1. The molecule has 4 N–H and O–H groups in total. The van der Waals surface area contributed by atoms with Crippen molar-refractivity contribution in [2.75, 3.05) is 0 Å². The van der Waals surface area contributed by atoms with Crippen molar-refractivity contribution in [3.8, 4) is 33.8 Å². The minimum atomic E-state index is -0.450. The molecule has 61 heavy (non-hydrogen) atoms. The van der Waals surface area contributed by atoms with E-state index in [-0.39, 0.29) is 31.1 Å². The number of halogens is 2. The van der Waals surface area contributed by atoms with Gasteiger partial charge in [-0.3, -0.25) is 9.59 Å². The fourth-order valence-corrected chi connectivity index (χ4v) is 7.34. The summed E-state index contributed by atoms with van der Waals surface area (Å²) in [5.41, 5.74) is 20.7. The van der Waals surface area contributed by atoms with Gasteiger partial charge in [-0.25, -0.2) is 8.78 Å². The zero-order valence-corrected chi connectivity index (χ0v) is 34.2. The fourth-order valence-electron chi connectivity index (χ4n) is 7.34. The van der Waals surface area contributed by atoms with Gasteiger partial charge in [-0.1, -0.05) is 60.7 Å². The van der Waals surface area contributed by atoms with Gasteiger partial charge in [-0.2, -0.15) is 0 Å². The van der Waals surface area contributed by atoms with Crippen LogP contribution >= 0.6 is 0 Å². The fraction of sp³-hybridized carbons (Fsp3) is 0.176. The predicted molar refractivity (Wildman–Crippen MR) is 234 cm³/mol. The summed E-state index contributed by atoms with van der Waals surface area (Å²) in [6.07, 6.45) is 2.06. The lowest BCUT2D eigenvalue weighted by atomic mass is 9.98. The summed E-state index contributed by atoms with van der Waals surface area (Å²) < 4.78 is 52.3. The molecule has 0 aliphatic rings. The Hall–Kier alpha value is -6.88. The number of benzene rings is 6. The molecule has 8 nitrogen and oxygen atoms in total. The highest BCUT2D eigenvalue weighted by atomic mass is 19.1. The first-order valence-electron chi connectivity index (χ1n) is 19.9. The number of ether oxygens (including phenoxy) is 2. The summed E-state index contributed by atoms with van der Waals surface area (Å²) in [6.45, 7) is 6.10. The number of hydrogen-bond acceptors (Lipinski definition) is 8. The largest absolute Gasteiger partial charge is 0.489 e. The second kappa shape index (κ2) is 19.0. The second-order valence-corrected chi connectivity index (χ2v) is 15.0. The molecule has 0 amide bonds. The molecule has 0 saturated carbocycles. The lowest BCUT2D eigenvalue weighted by molar-refractivity contribution is -0.117. The van der Waals surface area contributed by atoms with Crippen LogP contribution in [0.4, 0.5) is 8.78 Å². The number of carbonyl (C=O) groups excluding carboxylic acids is 2. The molecule has 8 rings (SSSR count). The quantitative estimate of drug-likeness (QED) is 0.111. The number of para-hydroxylation sites is 1. The number of fused-ring (bicyclic) bond motifs is 2. The molecular weight excluding hydrogens is 775 g/mol. The number of ketones is 2. The van der Waals surface area contributed by atoms with Crippen LogP contribution < -0.4 is 20.9 Å². The van der Waals surface area contributed by atoms with Gasteiger partial charge in [-0.05, 0) is 97.6 Å². The number of hydrogen-bond donors (Lipinski definition) is 2. The summed E-state index contributed by atoms with van der Waals surface area (Å²) in [6, 6.07) is 36.8. The van der Waals surface area contributed by atoms with Gasteiger partial charge < -0.3 is 29.8 Å². The smallest absolute Gasteiger partial charge is 0.142 e. The average molecular weight is 821 g/mol. The Morgan fingerprint density at radius 1 is 0.590 bits per heavy atom. The monoisotopic (exact) mass is 820 g/mol. The van der Waals surface area contributed by atoms with Gasteiger partial charge >= 0.3 is 0 Å². The van der Waals surface area contributed by atoms with Gasteiger partial charge in [0.25, 0.3) is 0 Å². The zero-order chi connectivity index (χ0) is 43.0. The highest BCUT2D eigenvalue weighted by molar-refractivity contribution is 5.94. The van der Waals surface area contributed by atoms with E-state index in [0.717, 1.165) is 61.2 Å². The van der Waals surface area contributed by atoms with E-state index in [1.165, 1.54) is 19.1 Å². The Labute approximate surface area is 352 Å². The van der Waals surface area contributed by atoms with Crippen LogP contribution in [0.5, 0.6) is 11.5 Å². The van der Waals surface area contributed by atoms with Crippen LogP contribution in [0.1, 0.15) is 53.0 Å². The Balaban J connectivity index is 0.000000184. The van der Waals surface area contributed by atoms with E-state index in [1.807, 2.05) is 55.5 Å². The molecule has 10 heteroatoms. The van der Waals surface area contributed by atoms with Crippen LogP contribution in [-0.2, 0) is 48.7 Å². The third-order valence-corrected chi connectivity index (χ3v) is 10.1. The minimum absolute atomic E-state index is 0.0474. The summed E-state index contributed by atoms with van der Waals surface area (Å²) in [5, 5.41) is 1.83. The van der Waals surface area contributed by atoms with Crippen molar-refractivity contribution in [2.24, 2.45) is 11.5 Å². The van der Waals surface area contributed by atoms with Crippen molar-refractivity contribution in [3.05, 3.63) is 178 Å². The summed E-state index contributed by atoms with van der Waals surface area (Å²) in [4.78, 5) is 23.1. The Morgan fingerprint density at radius 3 is 2.00 bits per heavy atom. The summed E-state index contributed by atoms with van der Waals surface area (Å²) in [5.74, 6) is 1.13. The third-order valence-electron chi connectivity index (χ3n) is 10.1. The van der Waals surface area contributed by atoms with Gasteiger partial charge in [0.1, 0.15) is 64.8 Å². The maximum atomic E-state index is 15.0. The molecular formula is C51H46F2N2O6. The molecule has 2 aromatic heterocycles. The molecule has 0 aliphatic heterocycles. The molecule has 0 radical (unpaired) electrons. The molecule has 0 spiro atoms. The van der Waals surface area contributed by atoms with E-state index in [2.05, 4.69) is 24.3 Å². The van der Waals surface area contributed by atoms with Crippen LogP contribution in [0.3, 0.4) is 0 Å². The highest BCUT2D eigenvalue weighted by Gasteiger charge is 2.17. The van der Waals surface area contributed by atoms with E-state index < -0.39 is 11.6 Å². The average Bonchev–Trinajstić information content (AvgIpc) is 3.89.